The Balaban J connectivity index is 1.70. The van der Waals surface area contributed by atoms with Gasteiger partial charge in [-0.2, -0.15) is 0 Å². The Bertz CT molecular complexity index is 967. The van der Waals surface area contributed by atoms with Crippen LogP contribution >= 0.6 is 11.3 Å². The zero-order chi connectivity index (χ0) is 20.8. The fourth-order valence-corrected chi connectivity index (χ4v) is 3.82. The van der Waals surface area contributed by atoms with Gasteiger partial charge in [-0.05, 0) is 56.5 Å². The molecule has 1 atom stereocenters. The van der Waals surface area contributed by atoms with Crippen LogP contribution < -0.4 is 4.74 Å². The Morgan fingerprint density at radius 2 is 1.97 bits per heavy atom. The van der Waals surface area contributed by atoms with Crippen LogP contribution in [0.2, 0.25) is 0 Å². The summed E-state index contributed by atoms with van der Waals surface area (Å²) in [6, 6.07) is 15.9. The van der Waals surface area contributed by atoms with Crippen molar-refractivity contribution >= 4 is 17.2 Å². The molecule has 0 saturated heterocycles. The molecular weight excluding hydrogens is 380 g/mol. The molecular formula is C24H28N2O2S. The summed E-state index contributed by atoms with van der Waals surface area (Å²) in [6.07, 6.45) is 0.894. The second kappa shape index (κ2) is 9.70. The summed E-state index contributed by atoms with van der Waals surface area (Å²) < 4.78 is 5.86. The molecule has 152 valence electrons. The summed E-state index contributed by atoms with van der Waals surface area (Å²) in [4.78, 5) is 19.8. The Kier molecular flexibility index (Phi) is 7.04. The number of thiazole rings is 1. The fraction of sp³-hybridized carbons (Fsp3) is 0.333. The minimum atomic E-state index is 0.0583. The molecule has 0 radical (unpaired) electrons. The normalized spacial score (nSPS) is 11.9. The molecule has 0 aliphatic rings. The molecule has 0 saturated carbocycles. The maximum absolute atomic E-state index is 13.2. The Morgan fingerprint density at radius 1 is 1.17 bits per heavy atom. The molecule has 1 heterocycles. The minimum absolute atomic E-state index is 0.0583. The quantitative estimate of drug-likeness (QED) is 0.474. The van der Waals surface area contributed by atoms with Crippen LogP contribution in [0.25, 0.3) is 0 Å². The SMILES string of the molecule is CC[C@H](C)N(Cc1csc(COc2cccc(C)c2)n1)C(=O)c1ccccc1C. The third-order valence-electron chi connectivity index (χ3n) is 5.04. The van der Waals surface area contributed by atoms with Crippen LogP contribution in [0.5, 0.6) is 5.75 Å². The van der Waals surface area contributed by atoms with Crippen LogP contribution in [-0.2, 0) is 13.2 Å². The van der Waals surface area contributed by atoms with E-state index in [-0.39, 0.29) is 11.9 Å². The van der Waals surface area contributed by atoms with Crippen LogP contribution in [0, 0.1) is 13.8 Å². The van der Waals surface area contributed by atoms with Crippen LogP contribution in [0.3, 0.4) is 0 Å². The third-order valence-corrected chi connectivity index (χ3v) is 5.91. The molecule has 3 rings (SSSR count). The van der Waals surface area contributed by atoms with Gasteiger partial charge in [0, 0.05) is 17.0 Å². The number of rotatable bonds is 8. The van der Waals surface area contributed by atoms with Gasteiger partial charge in [-0.15, -0.1) is 11.3 Å². The molecule has 4 nitrogen and oxygen atoms in total. The van der Waals surface area contributed by atoms with Gasteiger partial charge in [0.2, 0.25) is 0 Å². The highest BCUT2D eigenvalue weighted by Gasteiger charge is 2.23. The van der Waals surface area contributed by atoms with Crippen molar-refractivity contribution in [1.82, 2.24) is 9.88 Å². The molecule has 0 fully saturated rings. The zero-order valence-corrected chi connectivity index (χ0v) is 18.3. The van der Waals surface area contributed by atoms with Gasteiger partial charge in [-0.3, -0.25) is 4.79 Å². The van der Waals surface area contributed by atoms with Crippen LogP contribution in [0.1, 0.15) is 52.5 Å². The Labute approximate surface area is 177 Å². The van der Waals surface area contributed by atoms with Crippen LogP contribution in [0.15, 0.2) is 53.9 Å². The van der Waals surface area contributed by atoms with Crippen molar-refractivity contribution in [3.8, 4) is 5.75 Å². The lowest BCUT2D eigenvalue weighted by Crippen LogP contribution is -2.38. The Morgan fingerprint density at radius 3 is 2.69 bits per heavy atom. The van der Waals surface area contributed by atoms with Crippen molar-refractivity contribution in [2.45, 2.75) is 53.3 Å². The number of benzene rings is 2. The average Bonchev–Trinajstić information content (AvgIpc) is 3.17. The van der Waals surface area contributed by atoms with Crippen LogP contribution in [-0.4, -0.2) is 21.8 Å². The van der Waals surface area contributed by atoms with Gasteiger partial charge in [0.1, 0.15) is 17.4 Å². The van der Waals surface area contributed by atoms with Crippen molar-refractivity contribution in [2.24, 2.45) is 0 Å². The zero-order valence-electron chi connectivity index (χ0n) is 17.5. The smallest absolute Gasteiger partial charge is 0.254 e. The minimum Gasteiger partial charge on any atom is -0.486 e. The summed E-state index contributed by atoms with van der Waals surface area (Å²) >= 11 is 1.57. The molecule has 2 aromatic carbocycles. The van der Waals surface area contributed by atoms with Gasteiger partial charge in [-0.25, -0.2) is 4.98 Å². The van der Waals surface area contributed by atoms with E-state index < -0.39 is 0 Å². The first-order valence-corrected chi connectivity index (χ1v) is 10.8. The molecule has 3 aromatic rings. The summed E-state index contributed by atoms with van der Waals surface area (Å²) in [5, 5.41) is 2.93. The standard InChI is InChI=1S/C24H28N2O2S/c1-5-19(4)26(24(27)22-12-7-6-10-18(22)3)14-20-16-29-23(25-20)15-28-21-11-8-9-17(2)13-21/h6-13,16,19H,5,14-15H2,1-4H3/t19-/m0/s1. The number of aryl methyl sites for hydroxylation is 2. The van der Waals surface area contributed by atoms with Crippen LogP contribution in [0.4, 0.5) is 0 Å². The van der Waals surface area contributed by atoms with Crippen molar-refractivity contribution in [3.05, 3.63) is 81.3 Å². The Hall–Kier alpha value is -2.66. The van der Waals surface area contributed by atoms with Gasteiger partial charge >= 0.3 is 0 Å². The van der Waals surface area contributed by atoms with Crippen molar-refractivity contribution in [2.75, 3.05) is 0 Å². The third kappa shape index (κ3) is 5.45. The molecule has 29 heavy (non-hydrogen) atoms. The van der Waals surface area contributed by atoms with Crippen molar-refractivity contribution < 1.29 is 9.53 Å². The predicted octanol–water partition coefficient (Wildman–Crippen LogP) is 5.78. The second-order valence-electron chi connectivity index (χ2n) is 7.34. The highest BCUT2D eigenvalue weighted by Crippen LogP contribution is 2.20. The first-order chi connectivity index (χ1) is 14.0. The first kappa shape index (κ1) is 21.1. The number of aromatic nitrogens is 1. The van der Waals surface area contributed by atoms with E-state index in [1.165, 1.54) is 5.56 Å². The maximum Gasteiger partial charge on any atom is 0.254 e. The van der Waals surface area contributed by atoms with Gasteiger partial charge in [0.05, 0.1) is 12.2 Å². The van der Waals surface area contributed by atoms with E-state index in [2.05, 4.69) is 13.8 Å². The van der Waals surface area contributed by atoms with E-state index in [0.717, 1.165) is 34.0 Å². The molecule has 5 heteroatoms. The lowest BCUT2D eigenvalue weighted by Gasteiger charge is -2.28. The average molecular weight is 409 g/mol. The van der Waals surface area contributed by atoms with E-state index >= 15 is 0 Å². The fourth-order valence-electron chi connectivity index (χ4n) is 3.13. The molecule has 0 bridgehead atoms. The second-order valence-corrected chi connectivity index (χ2v) is 8.29. The van der Waals surface area contributed by atoms with Gasteiger partial charge < -0.3 is 9.64 Å². The van der Waals surface area contributed by atoms with E-state index in [0.29, 0.717) is 13.2 Å². The number of carbonyl (C=O) groups excluding carboxylic acids is 1. The van der Waals surface area contributed by atoms with Gasteiger partial charge in [-0.1, -0.05) is 37.3 Å². The van der Waals surface area contributed by atoms with Crippen molar-refractivity contribution in [3.63, 3.8) is 0 Å². The number of hydrogen-bond donors (Lipinski definition) is 0. The van der Waals surface area contributed by atoms with E-state index in [9.17, 15) is 4.79 Å². The lowest BCUT2D eigenvalue weighted by atomic mass is 10.1. The van der Waals surface area contributed by atoms with E-state index in [1.807, 2.05) is 72.7 Å². The lowest BCUT2D eigenvalue weighted by molar-refractivity contribution is 0.0668. The summed E-state index contributed by atoms with van der Waals surface area (Å²) in [5.74, 6) is 0.903. The number of ether oxygens (including phenoxy) is 1. The predicted molar refractivity (Wildman–Crippen MR) is 118 cm³/mol. The highest BCUT2D eigenvalue weighted by atomic mass is 32.1. The van der Waals surface area contributed by atoms with Gasteiger partial charge in [0.15, 0.2) is 0 Å². The van der Waals surface area contributed by atoms with E-state index in [1.54, 1.807) is 11.3 Å². The monoisotopic (exact) mass is 408 g/mol. The first-order valence-electron chi connectivity index (χ1n) is 9.97. The maximum atomic E-state index is 13.2. The summed E-state index contributed by atoms with van der Waals surface area (Å²) in [5.41, 5.74) is 3.82. The number of carbonyl (C=O) groups is 1. The number of nitrogens with zero attached hydrogens (tertiary/aromatic N) is 2. The number of hydrogen-bond acceptors (Lipinski definition) is 4. The molecule has 0 N–H and O–H groups in total. The summed E-state index contributed by atoms with van der Waals surface area (Å²) in [6.45, 7) is 9.15. The van der Waals surface area contributed by atoms with Gasteiger partial charge in [0.25, 0.3) is 5.91 Å². The molecule has 0 aliphatic carbocycles. The summed E-state index contributed by atoms with van der Waals surface area (Å²) in [7, 11) is 0. The number of amides is 1. The van der Waals surface area contributed by atoms with Crippen molar-refractivity contribution in [1.29, 1.82) is 0 Å². The van der Waals surface area contributed by atoms with E-state index in [4.69, 9.17) is 9.72 Å². The molecule has 0 spiro atoms. The molecule has 1 amide bonds. The topological polar surface area (TPSA) is 42.4 Å². The molecule has 0 aliphatic heterocycles. The molecule has 0 unspecified atom stereocenters. The highest BCUT2D eigenvalue weighted by molar-refractivity contribution is 7.09. The molecule has 1 aromatic heterocycles. The largest absolute Gasteiger partial charge is 0.486 e.